The molecule has 1 unspecified atom stereocenters. The Hall–Kier alpha value is -4.09. The highest BCUT2D eigenvalue weighted by Crippen LogP contribution is 2.53. The van der Waals surface area contributed by atoms with Gasteiger partial charge in [-0.1, -0.05) is 6.07 Å². The lowest BCUT2D eigenvalue weighted by atomic mass is 9.74. The van der Waals surface area contributed by atoms with Crippen molar-refractivity contribution >= 4 is 33.8 Å². The zero-order valence-electron chi connectivity index (χ0n) is 20.4. The number of ether oxygens (including phenoxy) is 1. The van der Waals surface area contributed by atoms with Gasteiger partial charge in [0.15, 0.2) is 11.6 Å². The summed E-state index contributed by atoms with van der Waals surface area (Å²) in [6.07, 6.45) is 3.52. The Morgan fingerprint density at radius 3 is 2.64 bits per heavy atom. The minimum Gasteiger partial charge on any atom is -0.467 e. The number of rotatable bonds is 6. The fourth-order valence-corrected chi connectivity index (χ4v) is 6.72. The van der Waals surface area contributed by atoms with Crippen molar-refractivity contribution in [3.63, 3.8) is 0 Å². The Morgan fingerprint density at radius 2 is 2.00 bits per heavy atom. The van der Waals surface area contributed by atoms with Gasteiger partial charge >= 0.3 is 6.01 Å². The molecule has 1 aliphatic carbocycles. The second kappa shape index (κ2) is 8.85. The van der Waals surface area contributed by atoms with Crippen LogP contribution in [0.1, 0.15) is 53.4 Å². The number of nitrogens with zero attached hydrogens (tertiary/aromatic N) is 7. The Labute approximate surface area is 213 Å². The number of aryl methyl sites for hydroxylation is 1. The number of hydrogen-bond donors (Lipinski definition) is 2. The van der Waals surface area contributed by atoms with Crippen molar-refractivity contribution in [3.8, 4) is 18.1 Å². The van der Waals surface area contributed by atoms with Gasteiger partial charge in [-0.15, -0.1) is 11.3 Å². The van der Waals surface area contributed by atoms with Gasteiger partial charge in [-0.2, -0.15) is 20.5 Å². The Balaban J connectivity index is 1.53. The maximum absolute atomic E-state index is 10.3. The number of nitriles is 2. The Kier molecular flexibility index (Phi) is 5.81. The Morgan fingerprint density at radius 1 is 1.25 bits per heavy atom. The smallest absolute Gasteiger partial charge is 0.320 e. The lowest BCUT2D eigenvalue weighted by Gasteiger charge is -2.49. The van der Waals surface area contributed by atoms with E-state index >= 15 is 0 Å². The number of anilines is 4. The van der Waals surface area contributed by atoms with E-state index in [0.717, 1.165) is 24.0 Å². The first-order valence-corrected chi connectivity index (χ1v) is 12.6. The molecule has 1 atom stereocenters. The molecule has 0 aromatic carbocycles. The van der Waals surface area contributed by atoms with Crippen molar-refractivity contribution in [1.82, 2.24) is 15.0 Å². The molecule has 11 heteroatoms. The van der Waals surface area contributed by atoms with Crippen molar-refractivity contribution in [3.05, 3.63) is 45.5 Å². The van der Waals surface area contributed by atoms with Crippen LogP contribution in [0.2, 0.25) is 0 Å². The highest BCUT2D eigenvalue weighted by Gasteiger charge is 2.52. The van der Waals surface area contributed by atoms with Gasteiger partial charge < -0.3 is 26.0 Å². The third-order valence-electron chi connectivity index (χ3n) is 7.31. The van der Waals surface area contributed by atoms with E-state index in [0.29, 0.717) is 53.2 Å². The molecular formula is C25H27N9OS. The zero-order chi connectivity index (χ0) is 25.6. The van der Waals surface area contributed by atoms with Crippen LogP contribution >= 0.6 is 11.3 Å². The van der Waals surface area contributed by atoms with Crippen molar-refractivity contribution in [2.24, 2.45) is 0 Å². The lowest BCUT2D eigenvalue weighted by molar-refractivity contribution is 0.323. The van der Waals surface area contributed by atoms with E-state index < -0.39 is 0 Å². The van der Waals surface area contributed by atoms with E-state index in [1.807, 2.05) is 30.9 Å². The highest BCUT2D eigenvalue weighted by molar-refractivity contribution is 7.16. The number of nitrogen functional groups attached to an aromatic ring is 2. The van der Waals surface area contributed by atoms with Gasteiger partial charge in [0.1, 0.15) is 28.5 Å². The van der Waals surface area contributed by atoms with Gasteiger partial charge in [-0.3, -0.25) is 0 Å². The molecule has 0 bridgehead atoms. The number of thiophene rings is 1. The van der Waals surface area contributed by atoms with Gasteiger partial charge in [-0.25, -0.2) is 4.98 Å². The minimum absolute atomic E-state index is 0.151. The first-order chi connectivity index (χ1) is 17.4. The van der Waals surface area contributed by atoms with E-state index in [9.17, 15) is 10.5 Å². The van der Waals surface area contributed by atoms with Crippen LogP contribution in [0.25, 0.3) is 0 Å². The summed E-state index contributed by atoms with van der Waals surface area (Å²) >= 11 is 1.52. The molecule has 1 spiro atoms. The van der Waals surface area contributed by atoms with Crippen molar-refractivity contribution < 1.29 is 4.74 Å². The number of fused-ring (bicyclic) bond motifs is 2. The normalized spacial score (nSPS) is 16.1. The molecule has 3 aromatic heterocycles. The van der Waals surface area contributed by atoms with Gasteiger partial charge in [-0.05, 0) is 38.3 Å². The molecule has 1 fully saturated rings. The van der Waals surface area contributed by atoms with Crippen LogP contribution in [0.15, 0.2) is 18.3 Å². The second-order valence-corrected chi connectivity index (χ2v) is 10.3. The quantitative estimate of drug-likeness (QED) is 0.515. The Bertz CT molecular complexity index is 1410. The molecule has 0 radical (unpaired) electrons. The summed E-state index contributed by atoms with van der Waals surface area (Å²) in [6.45, 7) is 5.89. The van der Waals surface area contributed by atoms with Crippen LogP contribution in [0.4, 0.5) is 22.5 Å². The van der Waals surface area contributed by atoms with Crippen molar-refractivity contribution in [2.45, 2.75) is 38.1 Å². The number of nitrogens with two attached hydrogens (primary N) is 2. The second-order valence-electron chi connectivity index (χ2n) is 9.17. The SMILES string of the molecule is CCN(c1nc(OC)nc(N2CC3(CCc4sc(N)c(C#N)c43)C2)c1C#N)C(C)c1cccnc1N. The number of hydrogen-bond acceptors (Lipinski definition) is 11. The molecule has 2 aliphatic rings. The summed E-state index contributed by atoms with van der Waals surface area (Å²) < 4.78 is 5.45. The van der Waals surface area contributed by atoms with E-state index in [-0.39, 0.29) is 17.5 Å². The molecular weight excluding hydrogens is 474 g/mol. The fourth-order valence-electron chi connectivity index (χ4n) is 5.58. The van der Waals surface area contributed by atoms with Crippen LogP contribution in [-0.4, -0.2) is 41.7 Å². The molecule has 10 nitrogen and oxygen atoms in total. The lowest BCUT2D eigenvalue weighted by Crippen LogP contribution is -2.59. The maximum Gasteiger partial charge on any atom is 0.320 e. The molecule has 1 saturated heterocycles. The van der Waals surface area contributed by atoms with Crippen molar-refractivity contribution in [1.29, 1.82) is 10.5 Å². The third kappa shape index (κ3) is 3.47. The predicted octanol–water partition coefficient (Wildman–Crippen LogP) is 3.14. The van der Waals surface area contributed by atoms with E-state index in [4.69, 9.17) is 16.2 Å². The summed E-state index contributed by atoms with van der Waals surface area (Å²) in [5.41, 5.74) is 15.1. The topological polar surface area (TPSA) is 154 Å². The zero-order valence-corrected chi connectivity index (χ0v) is 21.3. The van der Waals surface area contributed by atoms with E-state index in [1.165, 1.54) is 23.3 Å². The van der Waals surface area contributed by atoms with Crippen LogP contribution in [-0.2, 0) is 11.8 Å². The fraction of sp³-hybridized carbons (Fsp3) is 0.400. The molecule has 4 N–H and O–H groups in total. The summed E-state index contributed by atoms with van der Waals surface area (Å²) in [5.74, 6) is 1.46. The van der Waals surface area contributed by atoms with E-state index in [2.05, 4.69) is 32.0 Å². The standard InChI is InChI=1S/C25H27N9OS/c1-4-34(14(2)15-6-5-9-30-20(15)28)23-17(11-27)22(31-24(32-23)35-3)33-12-25(13-33)8-7-18-19(25)16(10-26)21(29)36-18/h5-6,9,14H,4,7-8,12-13,29H2,1-3H3,(H2,28,30). The summed E-state index contributed by atoms with van der Waals surface area (Å²) in [7, 11) is 1.52. The molecule has 1 aliphatic heterocycles. The van der Waals surface area contributed by atoms with Crippen molar-refractivity contribution in [2.75, 3.05) is 48.0 Å². The molecule has 5 rings (SSSR count). The van der Waals surface area contributed by atoms with Crippen LogP contribution in [0, 0.1) is 22.7 Å². The first-order valence-electron chi connectivity index (χ1n) is 11.8. The van der Waals surface area contributed by atoms with Crippen LogP contribution in [0.3, 0.4) is 0 Å². The first kappa shape index (κ1) is 23.6. The minimum atomic E-state index is -0.185. The largest absolute Gasteiger partial charge is 0.467 e. The average Bonchev–Trinajstić information content (AvgIpc) is 3.38. The average molecular weight is 502 g/mol. The molecule has 0 amide bonds. The van der Waals surface area contributed by atoms with Crippen LogP contribution < -0.4 is 26.0 Å². The van der Waals surface area contributed by atoms with E-state index in [1.54, 1.807) is 6.20 Å². The number of aromatic nitrogens is 3. The van der Waals surface area contributed by atoms with Gasteiger partial charge in [0.2, 0.25) is 0 Å². The summed E-state index contributed by atoms with van der Waals surface area (Å²) in [5, 5.41) is 20.6. The maximum atomic E-state index is 10.3. The monoisotopic (exact) mass is 501 g/mol. The van der Waals surface area contributed by atoms with Gasteiger partial charge in [0, 0.05) is 41.7 Å². The number of methoxy groups -OCH3 is 1. The predicted molar refractivity (Wildman–Crippen MR) is 139 cm³/mol. The molecule has 184 valence electrons. The van der Waals surface area contributed by atoms with Gasteiger partial charge in [0.25, 0.3) is 0 Å². The molecule has 0 saturated carbocycles. The highest BCUT2D eigenvalue weighted by atomic mass is 32.1. The third-order valence-corrected chi connectivity index (χ3v) is 8.39. The molecule has 36 heavy (non-hydrogen) atoms. The summed E-state index contributed by atoms with van der Waals surface area (Å²) in [4.78, 5) is 18.7. The molecule has 3 aromatic rings. The van der Waals surface area contributed by atoms with Crippen LogP contribution in [0.5, 0.6) is 6.01 Å². The molecule has 4 heterocycles. The number of pyridine rings is 1. The van der Waals surface area contributed by atoms with Gasteiger partial charge in [0.05, 0.1) is 18.7 Å². The summed E-state index contributed by atoms with van der Waals surface area (Å²) in [6, 6.07) is 8.42.